The molecule has 0 bridgehead atoms. The minimum absolute atomic E-state index is 0.702. The van der Waals surface area contributed by atoms with E-state index in [1.807, 2.05) is 0 Å². The number of anilines is 1. The summed E-state index contributed by atoms with van der Waals surface area (Å²) in [5.74, 6) is 0. The van der Waals surface area contributed by atoms with Crippen molar-refractivity contribution < 1.29 is 0 Å². The third-order valence-corrected chi connectivity index (χ3v) is 3.31. The van der Waals surface area contributed by atoms with Crippen molar-refractivity contribution in [2.75, 3.05) is 5.32 Å². The number of hydrogen-bond donors (Lipinski definition) is 2. The van der Waals surface area contributed by atoms with Crippen molar-refractivity contribution in [1.82, 2.24) is 15.2 Å². The van der Waals surface area contributed by atoms with Gasteiger partial charge in [-0.15, -0.1) is 0 Å². The van der Waals surface area contributed by atoms with Crippen molar-refractivity contribution >= 4 is 17.4 Å². The molecule has 0 spiro atoms. The maximum absolute atomic E-state index is 4.07. The Morgan fingerprint density at radius 3 is 2.69 bits per heavy atom. The molecule has 1 aliphatic rings. The molecular formula is C11H12N4S. The van der Waals surface area contributed by atoms with Gasteiger partial charge >= 0.3 is 0 Å². The largest absolute Gasteiger partial charge is 0.382 e. The molecule has 5 heteroatoms. The van der Waals surface area contributed by atoms with Crippen LogP contribution in [-0.2, 0) is 0 Å². The molecule has 82 valence electrons. The molecule has 1 aromatic heterocycles. The SMILES string of the molecule is c1n[nH]c(Sc2ccc(NC3CC3)cc2)n1. The second kappa shape index (κ2) is 4.17. The normalized spacial score (nSPS) is 15.0. The Hall–Kier alpha value is -1.49. The molecule has 1 saturated carbocycles. The van der Waals surface area contributed by atoms with Crippen molar-refractivity contribution in [3.05, 3.63) is 30.6 Å². The van der Waals surface area contributed by atoms with Gasteiger partial charge in [-0.05, 0) is 37.1 Å². The fourth-order valence-electron chi connectivity index (χ4n) is 1.44. The lowest BCUT2D eigenvalue weighted by Crippen LogP contribution is -1.99. The van der Waals surface area contributed by atoms with Crippen molar-refractivity contribution in [1.29, 1.82) is 0 Å². The predicted octanol–water partition coefficient (Wildman–Crippen LogP) is 2.53. The average molecular weight is 232 g/mol. The second-order valence-electron chi connectivity index (χ2n) is 3.84. The van der Waals surface area contributed by atoms with Crippen LogP contribution in [0.25, 0.3) is 0 Å². The number of aromatic nitrogens is 3. The Balaban J connectivity index is 1.67. The average Bonchev–Trinajstić information content (AvgIpc) is 2.96. The van der Waals surface area contributed by atoms with Gasteiger partial charge in [0.05, 0.1) is 0 Å². The minimum atomic E-state index is 0.702. The monoisotopic (exact) mass is 232 g/mol. The number of rotatable bonds is 4. The van der Waals surface area contributed by atoms with Crippen LogP contribution in [0.5, 0.6) is 0 Å². The van der Waals surface area contributed by atoms with Crippen LogP contribution in [-0.4, -0.2) is 21.2 Å². The zero-order chi connectivity index (χ0) is 10.8. The van der Waals surface area contributed by atoms with Crippen molar-refractivity contribution in [3.8, 4) is 0 Å². The van der Waals surface area contributed by atoms with Gasteiger partial charge in [0.25, 0.3) is 0 Å². The fourth-order valence-corrected chi connectivity index (χ4v) is 2.13. The van der Waals surface area contributed by atoms with Gasteiger partial charge in [-0.2, -0.15) is 5.10 Å². The third kappa shape index (κ3) is 2.36. The van der Waals surface area contributed by atoms with E-state index >= 15 is 0 Å². The summed E-state index contributed by atoms with van der Waals surface area (Å²) in [7, 11) is 0. The number of benzene rings is 1. The lowest BCUT2D eigenvalue weighted by Gasteiger charge is -2.04. The molecule has 0 radical (unpaired) electrons. The lowest BCUT2D eigenvalue weighted by molar-refractivity contribution is 0.973. The van der Waals surface area contributed by atoms with Gasteiger partial charge in [-0.1, -0.05) is 11.8 Å². The number of aromatic amines is 1. The van der Waals surface area contributed by atoms with Crippen LogP contribution >= 0.6 is 11.8 Å². The molecule has 0 atom stereocenters. The highest BCUT2D eigenvalue weighted by Gasteiger charge is 2.20. The Morgan fingerprint density at radius 1 is 1.25 bits per heavy atom. The highest BCUT2D eigenvalue weighted by molar-refractivity contribution is 7.99. The number of H-pyrrole nitrogens is 1. The molecule has 16 heavy (non-hydrogen) atoms. The molecular weight excluding hydrogens is 220 g/mol. The number of hydrogen-bond acceptors (Lipinski definition) is 4. The Morgan fingerprint density at radius 2 is 2.06 bits per heavy atom. The van der Waals surface area contributed by atoms with Gasteiger partial charge in [-0.25, -0.2) is 4.98 Å². The highest BCUT2D eigenvalue weighted by atomic mass is 32.2. The van der Waals surface area contributed by atoms with Crippen LogP contribution in [0.2, 0.25) is 0 Å². The second-order valence-corrected chi connectivity index (χ2v) is 4.90. The molecule has 2 aromatic rings. The van der Waals surface area contributed by atoms with Crippen molar-refractivity contribution in [3.63, 3.8) is 0 Å². The molecule has 1 fully saturated rings. The Bertz CT molecular complexity index is 447. The smallest absolute Gasteiger partial charge is 0.188 e. The van der Waals surface area contributed by atoms with Crippen molar-refractivity contribution in [2.45, 2.75) is 28.9 Å². The summed E-state index contributed by atoms with van der Waals surface area (Å²) in [5, 5.41) is 10.9. The lowest BCUT2D eigenvalue weighted by atomic mass is 10.3. The van der Waals surface area contributed by atoms with E-state index < -0.39 is 0 Å². The summed E-state index contributed by atoms with van der Waals surface area (Å²) in [4.78, 5) is 5.24. The van der Waals surface area contributed by atoms with E-state index in [2.05, 4.69) is 44.8 Å². The fraction of sp³-hybridized carbons (Fsp3) is 0.273. The van der Waals surface area contributed by atoms with E-state index in [1.165, 1.54) is 24.9 Å². The van der Waals surface area contributed by atoms with Gasteiger partial charge in [0.15, 0.2) is 5.16 Å². The molecule has 4 nitrogen and oxygen atoms in total. The Labute approximate surface area is 97.9 Å². The molecule has 1 aliphatic carbocycles. The third-order valence-electron chi connectivity index (χ3n) is 2.41. The van der Waals surface area contributed by atoms with Gasteiger partial charge < -0.3 is 5.32 Å². The van der Waals surface area contributed by atoms with Gasteiger partial charge in [0, 0.05) is 16.6 Å². The molecule has 1 aromatic carbocycles. The zero-order valence-electron chi connectivity index (χ0n) is 8.68. The minimum Gasteiger partial charge on any atom is -0.382 e. The first-order chi connectivity index (χ1) is 7.90. The van der Waals surface area contributed by atoms with Crippen LogP contribution in [0.15, 0.2) is 40.6 Å². The quantitative estimate of drug-likeness (QED) is 0.850. The van der Waals surface area contributed by atoms with Crippen LogP contribution in [0.1, 0.15) is 12.8 Å². The maximum atomic E-state index is 4.07. The van der Waals surface area contributed by atoms with Crippen LogP contribution in [0.3, 0.4) is 0 Å². The first kappa shape index (κ1) is 9.72. The topological polar surface area (TPSA) is 53.6 Å². The molecule has 2 N–H and O–H groups in total. The standard InChI is InChI=1S/C11H12N4S/c1-2-8(1)14-9-3-5-10(6-4-9)16-11-12-7-13-15-11/h3-8,14H,1-2H2,(H,12,13,15). The van der Waals surface area contributed by atoms with E-state index in [4.69, 9.17) is 0 Å². The van der Waals surface area contributed by atoms with E-state index in [1.54, 1.807) is 11.8 Å². The van der Waals surface area contributed by atoms with Gasteiger partial charge in [0.2, 0.25) is 0 Å². The van der Waals surface area contributed by atoms with E-state index in [0.29, 0.717) is 6.04 Å². The summed E-state index contributed by atoms with van der Waals surface area (Å²) in [6, 6.07) is 9.11. The van der Waals surface area contributed by atoms with E-state index in [9.17, 15) is 0 Å². The first-order valence-corrected chi connectivity index (χ1v) is 6.11. The molecule has 0 saturated heterocycles. The summed E-state index contributed by atoms with van der Waals surface area (Å²) >= 11 is 1.58. The Kier molecular flexibility index (Phi) is 2.53. The van der Waals surface area contributed by atoms with Crippen LogP contribution < -0.4 is 5.32 Å². The van der Waals surface area contributed by atoms with Gasteiger partial charge in [0.1, 0.15) is 6.33 Å². The highest BCUT2D eigenvalue weighted by Crippen LogP contribution is 2.28. The van der Waals surface area contributed by atoms with Crippen molar-refractivity contribution in [2.24, 2.45) is 0 Å². The maximum Gasteiger partial charge on any atom is 0.188 e. The van der Waals surface area contributed by atoms with E-state index in [0.717, 1.165) is 10.1 Å². The first-order valence-electron chi connectivity index (χ1n) is 5.30. The summed E-state index contributed by atoms with van der Waals surface area (Å²) in [6.07, 6.45) is 4.12. The molecule has 3 rings (SSSR count). The zero-order valence-corrected chi connectivity index (χ0v) is 9.50. The van der Waals surface area contributed by atoms with Gasteiger partial charge in [-0.3, -0.25) is 5.10 Å². The number of nitrogens with one attached hydrogen (secondary N) is 2. The molecule has 0 unspecified atom stereocenters. The molecule has 1 heterocycles. The van der Waals surface area contributed by atoms with Crippen LogP contribution in [0.4, 0.5) is 5.69 Å². The molecule has 0 aliphatic heterocycles. The summed E-state index contributed by atoms with van der Waals surface area (Å²) in [5.41, 5.74) is 1.20. The van der Waals surface area contributed by atoms with Crippen LogP contribution in [0, 0.1) is 0 Å². The summed E-state index contributed by atoms with van der Waals surface area (Å²) < 4.78 is 0. The number of nitrogens with zero attached hydrogens (tertiary/aromatic N) is 2. The van der Waals surface area contributed by atoms with E-state index in [-0.39, 0.29) is 0 Å². The predicted molar refractivity (Wildman–Crippen MR) is 63.6 cm³/mol. The summed E-state index contributed by atoms with van der Waals surface area (Å²) in [6.45, 7) is 0. The molecule has 0 amide bonds.